The lowest BCUT2D eigenvalue weighted by molar-refractivity contribution is -0.116. The predicted octanol–water partition coefficient (Wildman–Crippen LogP) is 4.72. The molecule has 2 aromatic carbocycles. The second-order valence-corrected chi connectivity index (χ2v) is 7.64. The third-order valence-corrected chi connectivity index (χ3v) is 5.66. The van der Waals surface area contributed by atoms with Gasteiger partial charge >= 0.3 is 5.97 Å². The Morgan fingerprint density at radius 2 is 1.90 bits per heavy atom. The standard InChI is InChI=1S/C23H20N4O3S/c1-3-26(15(2)28)23-24-17(14-31-23)10-12-21-25-19-13-16(22(29)30)9-11-20(19)27(21)18-7-5-4-6-8-18/h4-14H,3H2,1-2H3,(H,29,30)/b12-10+. The molecule has 0 radical (unpaired) electrons. The van der Waals surface area contributed by atoms with Crippen molar-refractivity contribution in [1.29, 1.82) is 0 Å². The number of thiazole rings is 1. The maximum absolute atomic E-state index is 11.8. The first-order valence-corrected chi connectivity index (χ1v) is 10.6. The van der Waals surface area contributed by atoms with E-state index in [0.29, 0.717) is 23.0 Å². The van der Waals surface area contributed by atoms with E-state index in [-0.39, 0.29) is 11.5 Å². The molecule has 1 N–H and O–H groups in total. The van der Waals surface area contributed by atoms with Crippen LogP contribution in [-0.4, -0.2) is 38.1 Å². The first-order chi connectivity index (χ1) is 15.0. The molecule has 1 amide bonds. The number of aromatic nitrogens is 3. The van der Waals surface area contributed by atoms with Crippen molar-refractivity contribution in [2.24, 2.45) is 0 Å². The molecule has 7 nitrogen and oxygen atoms in total. The van der Waals surface area contributed by atoms with Crippen molar-refractivity contribution in [3.8, 4) is 5.69 Å². The van der Waals surface area contributed by atoms with Crippen LogP contribution in [0.15, 0.2) is 53.9 Å². The number of amides is 1. The lowest BCUT2D eigenvalue weighted by Gasteiger charge is -2.14. The second kappa shape index (κ2) is 8.53. The summed E-state index contributed by atoms with van der Waals surface area (Å²) in [4.78, 5) is 33.9. The van der Waals surface area contributed by atoms with Crippen molar-refractivity contribution in [2.75, 3.05) is 11.4 Å². The van der Waals surface area contributed by atoms with Crippen molar-refractivity contribution in [3.05, 3.63) is 71.0 Å². The number of carbonyl (C=O) groups excluding carboxylic acids is 1. The molecule has 2 heterocycles. The Balaban J connectivity index is 1.77. The Morgan fingerprint density at radius 3 is 2.58 bits per heavy atom. The van der Waals surface area contributed by atoms with Crippen LogP contribution in [0.3, 0.4) is 0 Å². The number of imidazole rings is 1. The lowest BCUT2D eigenvalue weighted by Crippen LogP contribution is -2.27. The molecule has 0 spiro atoms. The summed E-state index contributed by atoms with van der Waals surface area (Å²) in [6.45, 7) is 3.99. The Bertz CT molecular complexity index is 1290. The van der Waals surface area contributed by atoms with E-state index in [1.165, 1.54) is 18.3 Å². The summed E-state index contributed by atoms with van der Waals surface area (Å²) in [5.74, 6) is -0.390. The lowest BCUT2D eigenvalue weighted by atomic mass is 10.2. The normalized spacial score (nSPS) is 11.3. The molecule has 0 atom stereocenters. The number of carboxylic acid groups (broad SMARTS) is 1. The number of aromatic carboxylic acids is 1. The van der Waals surface area contributed by atoms with Crippen molar-refractivity contribution in [1.82, 2.24) is 14.5 Å². The van der Waals surface area contributed by atoms with E-state index in [0.717, 1.165) is 16.9 Å². The molecule has 31 heavy (non-hydrogen) atoms. The summed E-state index contributed by atoms with van der Waals surface area (Å²) < 4.78 is 1.97. The third-order valence-electron chi connectivity index (χ3n) is 4.78. The zero-order chi connectivity index (χ0) is 22.0. The van der Waals surface area contributed by atoms with E-state index in [2.05, 4.69) is 9.97 Å². The van der Waals surface area contributed by atoms with Gasteiger partial charge in [-0.2, -0.15) is 0 Å². The molecule has 0 aliphatic carbocycles. The third kappa shape index (κ3) is 4.10. The summed E-state index contributed by atoms with van der Waals surface area (Å²) >= 11 is 1.41. The highest BCUT2D eigenvalue weighted by Gasteiger charge is 2.15. The van der Waals surface area contributed by atoms with Crippen LogP contribution < -0.4 is 4.90 Å². The Morgan fingerprint density at radius 1 is 1.13 bits per heavy atom. The Kier molecular flexibility index (Phi) is 5.64. The molecular formula is C23H20N4O3S. The van der Waals surface area contributed by atoms with Gasteiger partial charge in [-0.15, -0.1) is 11.3 Å². The van der Waals surface area contributed by atoms with Crippen molar-refractivity contribution in [3.63, 3.8) is 0 Å². The Hall–Kier alpha value is -3.78. The zero-order valence-corrected chi connectivity index (χ0v) is 17.8. The smallest absolute Gasteiger partial charge is 0.335 e. The zero-order valence-electron chi connectivity index (χ0n) is 17.0. The van der Waals surface area contributed by atoms with E-state index in [1.54, 1.807) is 23.1 Å². The summed E-state index contributed by atoms with van der Waals surface area (Å²) in [5, 5.41) is 11.8. The number of carbonyl (C=O) groups is 2. The fourth-order valence-electron chi connectivity index (χ4n) is 3.32. The van der Waals surface area contributed by atoms with Crippen LogP contribution in [0.5, 0.6) is 0 Å². The number of carboxylic acids is 1. The van der Waals surface area contributed by atoms with Gasteiger partial charge in [-0.1, -0.05) is 18.2 Å². The first-order valence-electron chi connectivity index (χ1n) is 9.71. The summed E-state index contributed by atoms with van der Waals surface area (Å²) in [7, 11) is 0. The average molecular weight is 433 g/mol. The molecule has 2 aromatic heterocycles. The van der Waals surface area contributed by atoms with Crippen LogP contribution >= 0.6 is 11.3 Å². The van der Waals surface area contributed by atoms with Gasteiger partial charge in [0, 0.05) is 24.5 Å². The van der Waals surface area contributed by atoms with Crippen molar-refractivity contribution >= 4 is 51.5 Å². The van der Waals surface area contributed by atoms with Crippen LogP contribution in [0.4, 0.5) is 5.13 Å². The van der Waals surface area contributed by atoms with Gasteiger partial charge in [0.2, 0.25) is 5.91 Å². The minimum atomic E-state index is -0.991. The molecule has 156 valence electrons. The molecule has 0 fully saturated rings. The van der Waals surface area contributed by atoms with Crippen molar-refractivity contribution < 1.29 is 14.7 Å². The monoisotopic (exact) mass is 432 g/mol. The first kappa shape index (κ1) is 20.5. The largest absolute Gasteiger partial charge is 0.478 e. The van der Waals surface area contributed by atoms with Gasteiger partial charge in [0.25, 0.3) is 0 Å². The highest BCUT2D eigenvalue weighted by molar-refractivity contribution is 7.14. The molecule has 0 aliphatic heterocycles. The van der Waals surface area contributed by atoms with E-state index in [9.17, 15) is 14.7 Å². The van der Waals surface area contributed by atoms with Gasteiger partial charge < -0.3 is 5.11 Å². The fourth-order valence-corrected chi connectivity index (χ4v) is 4.22. The van der Waals surface area contributed by atoms with Crippen molar-refractivity contribution in [2.45, 2.75) is 13.8 Å². The molecular weight excluding hydrogens is 412 g/mol. The number of rotatable bonds is 6. The van der Waals surface area contributed by atoms with Gasteiger partial charge in [0.05, 0.1) is 22.3 Å². The van der Waals surface area contributed by atoms with Crippen LogP contribution in [0.1, 0.15) is 35.7 Å². The summed E-state index contributed by atoms with van der Waals surface area (Å²) in [6, 6.07) is 14.7. The van der Waals surface area contributed by atoms with E-state index >= 15 is 0 Å². The number of hydrogen-bond donors (Lipinski definition) is 1. The number of benzene rings is 2. The summed E-state index contributed by atoms with van der Waals surface area (Å²) in [6.07, 6.45) is 3.68. The van der Waals surface area contributed by atoms with Gasteiger partial charge in [-0.05, 0) is 49.4 Å². The molecule has 0 bridgehead atoms. The average Bonchev–Trinajstić information content (AvgIpc) is 3.36. The number of para-hydroxylation sites is 1. The highest BCUT2D eigenvalue weighted by atomic mass is 32.1. The number of fused-ring (bicyclic) bond motifs is 1. The second-order valence-electron chi connectivity index (χ2n) is 6.80. The summed E-state index contributed by atoms with van der Waals surface area (Å²) in [5.41, 5.74) is 3.23. The fraction of sp³-hybridized carbons (Fsp3) is 0.130. The topological polar surface area (TPSA) is 88.3 Å². The molecule has 0 saturated carbocycles. The van der Waals surface area contributed by atoms with E-state index < -0.39 is 5.97 Å². The van der Waals surface area contributed by atoms with Crippen LogP contribution in [0, 0.1) is 0 Å². The molecule has 4 aromatic rings. The van der Waals surface area contributed by atoms with Gasteiger partial charge in [0.15, 0.2) is 5.13 Å². The molecule has 0 saturated heterocycles. The predicted molar refractivity (Wildman–Crippen MR) is 123 cm³/mol. The van der Waals surface area contributed by atoms with E-state index in [1.807, 2.05) is 59.4 Å². The SMILES string of the molecule is CCN(C(C)=O)c1nc(/C=C/c2nc3cc(C(=O)O)ccc3n2-c2ccccc2)cs1. The number of nitrogens with zero attached hydrogens (tertiary/aromatic N) is 4. The van der Waals surface area contributed by atoms with Crippen LogP contribution in [-0.2, 0) is 4.79 Å². The van der Waals surface area contributed by atoms with Gasteiger partial charge in [-0.25, -0.2) is 14.8 Å². The Labute approximate surface area is 182 Å². The molecule has 4 rings (SSSR count). The molecule has 0 aliphatic rings. The molecule has 0 unspecified atom stereocenters. The maximum Gasteiger partial charge on any atom is 0.335 e. The molecule has 8 heteroatoms. The maximum atomic E-state index is 11.8. The quantitative estimate of drug-likeness (QED) is 0.476. The van der Waals surface area contributed by atoms with Gasteiger partial charge in [0.1, 0.15) is 5.82 Å². The van der Waals surface area contributed by atoms with Crippen LogP contribution in [0.25, 0.3) is 28.9 Å². The number of anilines is 1. The van der Waals surface area contributed by atoms with Crippen LogP contribution in [0.2, 0.25) is 0 Å². The minimum absolute atomic E-state index is 0.0486. The highest BCUT2D eigenvalue weighted by Crippen LogP contribution is 2.25. The number of hydrogen-bond acceptors (Lipinski definition) is 5. The minimum Gasteiger partial charge on any atom is -0.478 e. The van der Waals surface area contributed by atoms with Gasteiger partial charge in [-0.3, -0.25) is 14.3 Å². The van der Waals surface area contributed by atoms with E-state index in [4.69, 9.17) is 0 Å².